The quantitative estimate of drug-likeness (QED) is 0.628. The van der Waals surface area contributed by atoms with Gasteiger partial charge in [-0.15, -0.1) is 0 Å². The Bertz CT molecular complexity index is 182. The van der Waals surface area contributed by atoms with Crippen LogP contribution < -0.4 is 0 Å². The lowest BCUT2D eigenvalue weighted by Gasteiger charge is -2.29. The van der Waals surface area contributed by atoms with E-state index >= 15 is 0 Å². The molecule has 0 amide bonds. The lowest BCUT2D eigenvalue weighted by atomic mass is 9.70. The van der Waals surface area contributed by atoms with Crippen molar-refractivity contribution in [2.45, 2.75) is 69.9 Å². The third-order valence-electron chi connectivity index (χ3n) is 4.04. The highest BCUT2D eigenvalue weighted by molar-refractivity contribution is 7.99. The molecule has 3 atom stereocenters. The molecule has 94 valence electrons. The van der Waals surface area contributed by atoms with E-state index in [-0.39, 0.29) is 0 Å². The van der Waals surface area contributed by atoms with Gasteiger partial charge in [0.1, 0.15) is 7.85 Å². The van der Waals surface area contributed by atoms with Crippen LogP contribution in [-0.4, -0.2) is 19.4 Å². The summed E-state index contributed by atoms with van der Waals surface area (Å²) in [5.74, 6) is 2.90. The number of hydrogen-bond acceptors (Lipinski definition) is 1. The van der Waals surface area contributed by atoms with Crippen LogP contribution in [0.1, 0.15) is 58.8 Å². The van der Waals surface area contributed by atoms with Crippen LogP contribution in [0.2, 0.25) is 5.82 Å². The monoisotopic (exact) mass is 240 g/mol. The van der Waals surface area contributed by atoms with E-state index in [1.54, 1.807) is 0 Å². The standard InChI is InChI=1S/C14H29BS/c1-11(2)7-8-14(16-3)10-12-5-4-6-13(15)9-12/h11-14H,4-10,15H2,1-3H3. The van der Waals surface area contributed by atoms with Gasteiger partial charge in [0.2, 0.25) is 0 Å². The third-order valence-corrected chi connectivity index (χ3v) is 5.14. The normalized spacial score (nSPS) is 28.2. The minimum atomic E-state index is 0.875. The van der Waals surface area contributed by atoms with Crippen molar-refractivity contribution in [3.05, 3.63) is 0 Å². The van der Waals surface area contributed by atoms with Crippen LogP contribution in [0.3, 0.4) is 0 Å². The first-order valence-electron chi connectivity index (χ1n) is 7.14. The maximum atomic E-state index is 2.44. The Morgan fingerprint density at radius 3 is 2.56 bits per heavy atom. The second kappa shape index (κ2) is 7.69. The van der Waals surface area contributed by atoms with Crippen LogP contribution in [0.15, 0.2) is 0 Å². The fourth-order valence-corrected chi connectivity index (χ4v) is 3.83. The molecule has 0 saturated heterocycles. The molecule has 1 saturated carbocycles. The van der Waals surface area contributed by atoms with Crippen molar-refractivity contribution in [3.8, 4) is 0 Å². The molecule has 0 aromatic carbocycles. The summed E-state index contributed by atoms with van der Waals surface area (Å²) in [6, 6.07) is 0. The van der Waals surface area contributed by atoms with Crippen molar-refractivity contribution in [1.29, 1.82) is 0 Å². The van der Waals surface area contributed by atoms with E-state index in [0.717, 1.165) is 22.9 Å². The Hall–Kier alpha value is 0.415. The summed E-state index contributed by atoms with van der Waals surface area (Å²) in [4.78, 5) is 0. The van der Waals surface area contributed by atoms with Gasteiger partial charge < -0.3 is 0 Å². The predicted octanol–water partition coefficient (Wildman–Crippen LogP) is 4.16. The highest BCUT2D eigenvalue weighted by Gasteiger charge is 2.21. The van der Waals surface area contributed by atoms with Crippen molar-refractivity contribution in [2.75, 3.05) is 6.26 Å². The van der Waals surface area contributed by atoms with E-state index in [1.807, 2.05) is 0 Å². The van der Waals surface area contributed by atoms with Crippen molar-refractivity contribution in [2.24, 2.45) is 11.8 Å². The molecular formula is C14H29BS. The van der Waals surface area contributed by atoms with Gasteiger partial charge in [-0.1, -0.05) is 45.3 Å². The molecule has 0 aromatic rings. The Balaban J connectivity index is 2.25. The third kappa shape index (κ3) is 5.66. The van der Waals surface area contributed by atoms with Crippen LogP contribution in [-0.2, 0) is 0 Å². The van der Waals surface area contributed by atoms with Gasteiger partial charge in [0.15, 0.2) is 0 Å². The van der Waals surface area contributed by atoms with Gasteiger partial charge in [-0.05, 0) is 37.4 Å². The second-order valence-corrected chi connectivity index (χ2v) is 7.34. The molecule has 0 N–H and O–H groups in total. The van der Waals surface area contributed by atoms with Crippen LogP contribution in [0.5, 0.6) is 0 Å². The summed E-state index contributed by atoms with van der Waals surface area (Å²) in [6.45, 7) is 4.69. The van der Waals surface area contributed by atoms with Gasteiger partial charge in [-0.25, -0.2) is 0 Å². The van der Waals surface area contributed by atoms with Crippen LogP contribution in [0.4, 0.5) is 0 Å². The fraction of sp³-hybridized carbons (Fsp3) is 1.00. The minimum absolute atomic E-state index is 0.875. The Kier molecular flexibility index (Phi) is 6.95. The smallest absolute Gasteiger partial charge is 0.105 e. The van der Waals surface area contributed by atoms with Crippen molar-refractivity contribution < 1.29 is 0 Å². The van der Waals surface area contributed by atoms with E-state index in [0.29, 0.717) is 0 Å². The zero-order valence-electron chi connectivity index (χ0n) is 11.7. The Labute approximate surface area is 108 Å². The topological polar surface area (TPSA) is 0 Å². The van der Waals surface area contributed by atoms with Crippen molar-refractivity contribution in [3.63, 3.8) is 0 Å². The van der Waals surface area contributed by atoms with Gasteiger partial charge in [-0.2, -0.15) is 11.8 Å². The van der Waals surface area contributed by atoms with Gasteiger partial charge in [0.05, 0.1) is 0 Å². The molecule has 0 aromatic heterocycles. The molecule has 0 spiro atoms. The summed E-state index contributed by atoms with van der Waals surface area (Å²) in [5.41, 5.74) is 0. The summed E-state index contributed by atoms with van der Waals surface area (Å²) in [5, 5.41) is 0.928. The van der Waals surface area contributed by atoms with Gasteiger partial charge in [0, 0.05) is 5.25 Å². The molecule has 2 heteroatoms. The molecule has 0 aliphatic heterocycles. The maximum absolute atomic E-state index is 2.44. The van der Waals surface area contributed by atoms with Crippen LogP contribution >= 0.6 is 11.8 Å². The van der Waals surface area contributed by atoms with Crippen LogP contribution in [0, 0.1) is 11.8 Å². The van der Waals surface area contributed by atoms with E-state index < -0.39 is 0 Å². The minimum Gasteiger partial charge on any atom is -0.162 e. The molecule has 0 radical (unpaired) electrons. The zero-order chi connectivity index (χ0) is 12.0. The Morgan fingerprint density at radius 2 is 2.00 bits per heavy atom. The van der Waals surface area contributed by atoms with E-state index in [9.17, 15) is 0 Å². The average Bonchev–Trinajstić information content (AvgIpc) is 2.24. The lowest BCUT2D eigenvalue weighted by molar-refractivity contribution is 0.330. The van der Waals surface area contributed by atoms with Crippen LogP contribution in [0.25, 0.3) is 0 Å². The molecule has 0 heterocycles. The molecule has 0 nitrogen and oxygen atoms in total. The van der Waals surface area contributed by atoms with Crippen molar-refractivity contribution >= 4 is 19.6 Å². The molecular weight excluding hydrogens is 211 g/mol. The van der Waals surface area contributed by atoms with Gasteiger partial charge in [-0.3, -0.25) is 0 Å². The molecule has 3 unspecified atom stereocenters. The first-order chi connectivity index (χ1) is 7.61. The van der Waals surface area contributed by atoms with E-state index in [2.05, 4.69) is 39.7 Å². The van der Waals surface area contributed by atoms with E-state index in [4.69, 9.17) is 0 Å². The molecule has 1 aliphatic carbocycles. The highest BCUT2D eigenvalue weighted by Crippen LogP contribution is 2.36. The van der Waals surface area contributed by atoms with Gasteiger partial charge in [0.25, 0.3) is 0 Å². The summed E-state index contributed by atoms with van der Waals surface area (Å²) >= 11 is 2.11. The predicted molar refractivity (Wildman–Crippen MR) is 80.2 cm³/mol. The molecule has 1 fully saturated rings. The maximum Gasteiger partial charge on any atom is 0.105 e. The second-order valence-electron chi connectivity index (χ2n) is 6.20. The molecule has 16 heavy (non-hydrogen) atoms. The lowest BCUT2D eigenvalue weighted by Crippen LogP contribution is -2.17. The molecule has 1 rings (SSSR count). The molecule has 0 bridgehead atoms. The number of thioether (sulfide) groups is 1. The summed E-state index contributed by atoms with van der Waals surface area (Å²) in [6.07, 6.45) is 12.6. The Morgan fingerprint density at radius 1 is 1.25 bits per heavy atom. The first kappa shape index (κ1) is 14.5. The summed E-state index contributed by atoms with van der Waals surface area (Å²) < 4.78 is 0. The SMILES string of the molecule is BC1CCCC(CC(CCC(C)C)SC)C1. The van der Waals surface area contributed by atoms with E-state index in [1.165, 1.54) is 44.9 Å². The fourth-order valence-electron chi connectivity index (χ4n) is 3.00. The highest BCUT2D eigenvalue weighted by atomic mass is 32.2. The average molecular weight is 240 g/mol. The largest absolute Gasteiger partial charge is 0.162 e. The molecule has 1 aliphatic rings. The summed E-state index contributed by atoms with van der Waals surface area (Å²) in [7, 11) is 2.44. The number of rotatable bonds is 6. The van der Waals surface area contributed by atoms with Gasteiger partial charge >= 0.3 is 0 Å². The van der Waals surface area contributed by atoms with Crippen molar-refractivity contribution in [1.82, 2.24) is 0 Å². The number of hydrogen-bond donors (Lipinski definition) is 0. The first-order valence-corrected chi connectivity index (χ1v) is 8.43. The zero-order valence-corrected chi connectivity index (χ0v) is 12.5.